The van der Waals surface area contributed by atoms with Crippen LogP contribution in [-0.2, 0) is 11.8 Å². The summed E-state index contributed by atoms with van der Waals surface area (Å²) < 4.78 is 12.6. The predicted molar refractivity (Wildman–Crippen MR) is 128 cm³/mol. The molecule has 0 radical (unpaired) electrons. The zero-order valence-electron chi connectivity index (χ0n) is 19.3. The molecule has 0 bridgehead atoms. The van der Waals surface area contributed by atoms with Gasteiger partial charge in [0.1, 0.15) is 5.70 Å². The molecule has 1 aliphatic heterocycles. The summed E-state index contributed by atoms with van der Waals surface area (Å²) >= 11 is 0. The van der Waals surface area contributed by atoms with E-state index in [1.54, 1.807) is 31.4 Å². The maximum absolute atomic E-state index is 13.4. The number of nitrogens with zero attached hydrogens (tertiary/aromatic N) is 2. The number of amides is 2. The smallest absolute Gasteiger partial charge is 0.270 e. The minimum Gasteiger partial charge on any atom is -0.493 e. The number of methoxy groups -OCH3 is 2. The fourth-order valence-electron chi connectivity index (χ4n) is 4.23. The highest BCUT2D eigenvalue weighted by molar-refractivity contribution is 6.06. The number of carbonyl (C=O) groups excluding carboxylic acids is 2. The van der Waals surface area contributed by atoms with Gasteiger partial charge in [-0.15, -0.1) is 0 Å². The monoisotopic (exact) mass is 447 g/mol. The highest BCUT2D eigenvalue weighted by Crippen LogP contribution is 2.28. The molecular formula is C26H29N3O4. The number of aromatic nitrogens is 1. The molecule has 2 heterocycles. The maximum Gasteiger partial charge on any atom is 0.270 e. The van der Waals surface area contributed by atoms with E-state index in [0.29, 0.717) is 30.2 Å². The van der Waals surface area contributed by atoms with Crippen molar-refractivity contribution in [2.24, 2.45) is 7.05 Å². The van der Waals surface area contributed by atoms with E-state index in [1.807, 2.05) is 47.0 Å². The van der Waals surface area contributed by atoms with Crippen molar-refractivity contribution in [2.45, 2.75) is 19.3 Å². The zero-order chi connectivity index (χ0) is 23.4. The highest BCUT2D eigenvalue weighted by Gasteiger charge is 2.23. The van der Waals surface area contributed by atoms with Crippen LogP contribution < -0.4 is 14.8 Å². The first-order valence-corrected chi connectivity index (χ1v) is 11.1. The second-order valence-electron chi connectivity index (χ2n) is 8.15. The summed E-state index contributed by atoms with van der Waals surface area (Å²) in [5, 5.41) is 3.88. The predicted octanol–water partition coefficient (Wildman–Crippen LogP) is 3.98. The number of nitrogens with one attached hydrogen (secondary N) is 1. The van der Waals surface area contributed by atoms with Crippen molar-refractivity contribution in [3.05, 3.63) is 65.5 Å². The summed E-state index contributed by atoms with van der Waals surface area (Å²) in [6.45, 7) is 1.38. The molecule has 1 aromatic heterocycles. The average molecular weight is 448 g/mol. The van der Waals surface area contributed by atoms with E-state index in [9.17, 15) is 9.59 Å². The van der Waals surface area contributed by atoms with Crippen LogP contribution in [0.3, 0.4) is 0 Å². The van der Waals surface area contributed by atoms with Crippen molar-refractivity contribution in [3.8, 4) is 11.5 Å². The van der Waals surface area contributed by atoms with Crippen LogP contribution in [0, 0.1) is 0 Å². The van der Waals surface area contributed by atoms with Gasteiger partial charge < -0.3 is 24.3 Å². The molecule has 7 heteroatoms. The second kappa shape index (κ2) is 9.81. The Labute approximate surface area is 193 Å². The van der Waals surface area contributed by atoms with Gasteiger partial charge in [-0.3, -0.25) is 9.59 Å². The molecule has 1 aliphatic rings. The zero-order valence-corrected chi connectivity index (χ0v) is 19.3. The number of carbonyl (C=O) groups is 2. The van der Waals surface area contributed by atoms with Gasteiger partial charge in [-0.05, 0) is 49.6 Å². The Morgan fingerprint density at radius 1 is 0.970 bits per heavy atom. The molecule has 1 fully saturated rings. The number of fused-ring (bicyclic) bond motifs is 1. The van der Waals surface area contributed by atoms with Crippen molar-refractivity contribution < 1.29 is 19.1 Å². The summed E-state index contributed by atoms with van der Waals surface area (Å²) in [6.07, 6.45) is 6.80. The minimum absolute atomic E-state index is 0.170. The van der Waals surface area contributed by atoms with Gasteiger partial charge in [0.15, 0.2) is 11.5 Å². The first-order valence-electron chi connectivity index (χ1n) is 11.1. The standard InChI is InChI=1S/C26H29N3O4/c1-28-17-19(20-9-5-6-10-22(20)28)15-21(26(31)29-13-7-4-8-14-29)27-25(30)18-11-12-23(32-2)24(16-18)33-3/h5-6,9-12,15-17H,4,7-8,13-14H2,1-3H3,(H,27,30). The topological polar surface area (TPSA) is 72.8 Å². The molecule has 33 heavy (non-hydrogen) atoms. The molecule has 2 amide bonds. The van der Waals surface area contributed by atoms with Crippen LogP contribution in [0.4, 0.5) is 0 Å². The Hall–Kier alpha value is -3.74. The van der Waals surface area contributed by atoms with Crippen molar-refractivity contribution in [1.82, 2.24) is 14.8 Å². The molecular weight excluding hydrogens is 418 g/mol. The number of hydrogen-bond acceptors (Lipinski definition) is 4. The van der Waals surface area contributed by atoms with Gasteiger partial charge in [0.25, 0.3) is 11.8 Å². The second-order valence-corrected chi connectivity index (χ2v) is 8.15. The van der Waals surface area contributed by atoms with Gasteiger partial charge in [0.05, 0.1) is 14.2 Å². The molecule has 0 aliphatic carbocycles. The van der Waals surface area contributed by atoms with E-state index in [4.69, 9.17) is 9.47 Å². The third-order valence-corrected chi connectivity index (χ3v) is 6.00. The average Bonchev–Trinajstić information content (AvgIpc) is 3.18. The number of benzene rings is 2. The van der Waals surface area contributed by atoms with Crippen LogP contribution >= 0.6 is 0 Å². The van der Waals surface area contributed by atoms with Crippen LogP contribution in [0.1, 0.15) is 35.2 Å². The third kappa shape index (κ3) is 4.72. The molecule has 7 nitrogen and oxygen atoms in total. The van der Waals surface area contributed by atoms with E-state index in [2.05, 4.69) is 5.32 Å². The van der Waals surface area contributed by atoms with E-state index >= 15 is 0 Å². The normalized spacial score (nSPS) is 14.3. The first kappa shape index (κ1) is 22.5. The van der Waals surface area contributed by atoms with E-state index in [1.165, 1.54) is 7.11 Å². The van der Waals surface area contributed by atoms with Gasteiger partial charge in [0.2, 0.25) is 0 Å². The molecule has 2 aromatic carbocycles. The van der Waals surface area contributed by atoms with Crippen molar-refractivity contribution in [2.75, 3.05) is 27.3 Å². The lowest BCUT2D eigenvalue weighted by atomic mass is 10.1. The highest BCUT2D eigenvalue weighted by atomic mass is 16.5. The van der Waals surface area contributed by atoms with Crippen molar-refractivity contribution in [3.63, 3.8) is 0 Å². The Bertz CT molecular complexity index is 1210. The molecule has 0 spiro atoms. The molecule has 1 saturated heterocycles. The minimum atomic E-state index is -0.382. The quantitative estimate of drug-likeness (QED) is 0.580. The van der Waals surface area contributed by atoms with Gasteiger partial charge >= 0.3 is 0 Å². The largest absolute Gasteiger partial charge is 0.493 e. The maximum atomic E-state index is 13.4. The van der Waals surface area contributed by atoms with Crippen LogP contribution in [0.2, 0.25) is 0 Å². The lowest BCUT2D eigenvalue weighted by molar-refractivity contribution is -0.128. The molecule has 0 atom stereocenters. The number of hydrogen-bond donors (Lipinski definition) is 1. The van der Waals surface area contributed by atoms with Crippen LogP contribution in [0.25, 0.3) is 17.0 Å². The molecule has 4 rings (SSSR count). The lowest BCUT2D eigenvalue weighted by Gasteiger charge is -2.27. The Morgan fingerprint density at radius 3 is 2.42 bits per heavy atom. The molecule has 0 unspecified atom stereocenters. The Balaban J connectivity index is 1.70. The van der Waals surface area contributed by atoms with Crippen molar-refractivity contribution in [1.29, 1.82) is 0 Å². The van der Waals surface area contributed by atoms with E-state index in [0.717, 1.165) is 35.7 Å². The molecule has 3 aromatic rings. The van der Waals surface area contributed by atoms with Gasteiger partial charge in [-0.2, -0.15) is 0 Å². The summed E-state index contributed by atoms with van der Waals surface area (Å²) in [5.41, 5.74) is 2.57. The van der Waals surface area contributed by atoms with Crippen molar-refractivity contribution >= 4 is 28.8 Å². The van der Waals surface area contributed by atoms with Gasteiger partial charge in [0, 0.05) is 48.4 Å². The summed E-state index contributed by atoms with van der Waals surface area (Å²) in [6, 6.07) is 12.9. The number of likely N-dealkylation sites (tertiary alicyclic amines) is 1. The lowest BCUT2D eigenvalue weighted by Crippen LogP contribution is -2.41. The Morgan fingerprint density at radius 2 is 1.70 bits per heavy atom. The SMILES string of the molecule is COc1ccc(C(=O)NC(=Cc2cn(C)c3ccccc23)C(=O)N2CCCCC2)cc1OC. The number of para-hydroxylation sites is 1. The van der Waals surface area contributed by atoms with Crippen LogP contribution in [-0.4, -0.2) is 48.6 Å². The molecule has 1 N–H and O–H groups in total. The number of piperidine rings is 1. The summed E-state index contributed by atoms with van der Waals surface area (Å²) in [5.74, 6) is 0.432. The molecule has 0 saturated carbocycles. The third-order valence-electron chi connectivity index (χ3n) is 6.00. The van der Waals surface area contributed by atoms with Crippen LogP contribution in [0.5, 0.6) is 11.5 Å². The fraction of sp³-hybridized carbons (Fsp3) is 0.308. The Kier molecular flexibility index (Phi) is 6.68. The van der Waals surface area contributed by atoms with E-state index in [-0.39, 0.29) is 17.5 Å². The number of aryl methyl sites for hydroxylation is 1. The molecule has 172 valence electrons. The number of rotatable bonds is 6. The first-order chi connectivity index (χ1) is 16.0. The summed E-state index contributed by atoms with van der Waals surface area (Å²) in [7, 11) is 5.03. The fourth-order valence-corrected chi connectivity index (χ4v) is 4.23. The number of ether oxygens (including phenoxy) is 2. The van der Waals surface area contributed by atoms with Crippen LogP contribution in [0.15, 0.2) is 54.4 Å². The van der Waals surface area contributed by atoms with E-state index < -0.39 is 0 Å². The summed E-state index contributed by atoms with van der Waals surface area (Å²) in [4.78, 5) is 28.4. The van der Waals surface area contributed by atoms with Gasteiger partial charge in [-0.1, -0.05) is 18.2 Å². The van der Waals surface area contributed by atoms with Gasteiger partial charge in [-0.25, -0.2) is 0 Å².